The number of amides is 2. The lowest BCUT2D eigenvalue weighted by atomic mass is 9.97. The summed E-state index contributed by atoms with van der Waals surface area (Å²) in [5.41, 5.74) is 8.70. The van der Waals surface area contributed by atoms with Crippen LogP contribution >= 0.6 is 0 Å². The average Bonchev–Trinajstić information content (AvgIpc) is 4.31. The summed E-state index contributed by atoms with van der Waals surface area (Å²) in [5, 5.41) is 19.1. The second-order valence-corrected chi connectivity index (χ2v) is 18.8. The summed E-state index contributed by atoms with van der Waals surface area (Å²) in [6.07, 6.45) is 15.6. The molecule has 2 unspecified atom stereocenters. The first-order valence-electron chi connectivity index (χ1n) is 24.6. The quantitative estimate of drug-likeness (QED) is 0.115. The van der Waals surface area contributed by atoms with E-state index in [9.17, 15) is 9.59 Å². The lowest BCUT2D eigenvalue weighted by molar-refractivity contribution is -0.00736. The van der Waals surface area contributed by atoms with Gasteiger partial charge in [-0.05, 0) is 60.7 Å². The predicted octanol–water partition coefficient (Wildman–Crippen LogP) is 6.43. The zero-order valence-electron chi connectivity index (χ0n) is 41.1. The maximum atomic E-state index is 14.3. The SMILES string of the molecule is C[C@H](Nc1ncnc2nc[nH]c12)c1cc2cccc(-c3cnn(C)c3)c2c(C(=O)N2C3CCC2COC3)n1.C[C@H](Nc1ncnc2nc[nH]c12)c1cc2cccc(-c3cnn(C)c3)c2c(C(=O)N2CCOCC2)n1. The van der Waals surface area contributed by atoms with Gasteiger partial charge in [0, 0.05) is 61.5 Å². The Morgan fingerprint density at radius 1 is 0.649 bits per heavy atom. The van der Waals surface area contributed by atoms with Crippen molar-refractivity contribution < 1.29 is 19.1 Å². The molecule has 0 saturated carbocycles. The lowest BCUT2D eigenvalue weighted by Gasteiger charge is -2.35. The first-order valence-corrected chi connectivity index (χ1v) is 24.6. The van der Waals surface area contributed by atoms with Gasteiger partial charge in [0.2, 0.25) is 0 Å². The third-order valence-electron chi connectivity index (χ3n) is 14.0. The molecule has 0 aliphatic carbocycles. The Morgan fingerprint density at radius 3 is 1.64 bits per heavy atom. The third kappa shape index (κ3) is 8.66. The van der Waals surface area contributed by atoms with Crippen molar-refractivity contribution in [3.05, 3.63) is 121 Å². The number of nitrogens with zero attached hydrogens (tertiary/aromatic N) is 14. The number of H-pyrrole nitrogens is 2. The highest BCUT2D eigenvalue weighted by Crippen LogP contribution is 2.38. The molecule has 4 N–H and O–H groups in total. The summed E-state index contributed by atoms with van der Waals surface area (Å²) in [5.74, 6) is 1.10. The maximum absolute atomic E-state index is 14.3. The van der Waals surface area contributed by atoms with Gasteiger partial charge in [0.1, 0.15) is 35.1 Å². The molecule has 4 atom stereocenters. The normalized spacial score (nSPS) is 17.4. The molecule has 22 nitrogen and oxygen atoms in total. The summed E-state index contributed by atoms with van der Waals surface area (Å²) < 4.78 is 14.7. The van der Waals surface area contributed by atoms with E-state index < -0.39 is 0 Å². The molecule has 0 radical (unpaired) electrons. The Bertz CT molecular complexity index is 3710. The van der Waals surface area contributed by atoms with E-state index in [1.807, 2.05) is 105 Å². The number of hydrogen-bond acceptors (Lipinski definition) is 16. The number of carbonyl (C=O) groups excluding carboxylic acids is 2. The highest BCUT2D eigenvalue weighted by atomic mass is 16.5. The van der Waals surface area contributed by atoms with E-state index in [-0.39, 0.29) is 36.0 Å². The van der Waals surface area contributed by atoms with Crippen LogP contribution in [0, 0.1) is 0 Å². The number of aromatic nitrogens is 14. The van der Waals surface area contributed by atoms with Crippen molar-refractivity contribution in [1.82, 2.24) is 79.2 Å². The maximum Gasteiger partial charge on any atom is 0.273 e. The van der Waals surface area contributed by atoms with Gasteiger partial charge in [-0.1, -0.05) is 36.4 Å². The van der Waals surface area contributed by atoms with Gasteiger partial charge in [-0.25, -0.2) is 39.9 Å². The number of ether oxygens (including phenoxy) is 2. The van der Waals surface area contributed by atoms with E-state index in [0.717, 1.165) is 73.5 Å². The number of fused-ring (bicyclic) bond motifs is 6. The van der Waals surface area contributed by atoms with Crippen molar-refractivity contribution in [3.63, 3.8) is 0 Å². The number of aromatic amines is 2. The minimum Gasteiger partial charge on any atom is -0.378 e. The fourth-order valence-electron chi connectivity index (χ4n) is 10.3. The fourth-order valence-corrected chi connectivity index (χ4v) is 10.3. The summed E-state index contributed by atoms with van der Waals surface area (Å²) in [6.45, 7) is 7.25. The molecule has 8 aromatic heterocycles. The Kier molecular flexibility index (Phi) is 12.1. The molecule has 2 aromatic carbocycles. The van der Waals surface area contributed by atoms with Gasteiger partial charge in [-0.15, -0.1) is 0 Å². The topological polar surface area (TPSA) is 253 Å². The van der Waals surface area contributed by atoms with Crippen LogP contribution in [0.25, 0.3) is 66.1 Å². The van der Waals surface area contributed by atoms with Crippen molar-refractivity contribution in [2.45, 2.75) is 50.9 Å². The van der Waals surface area contributed by atoms with Crippen molar-refractivity contribution in [2.75, 3.05) is 50.2 Å². The predicted molar refractivity (Wildman–Crippen MR) is 276 cm³/mol. The summed E-state index contributed by atoms with van der Waals surface area (Å²) in [6, 6.07) is 15.8. The molecule has 3 aliphatic heterocycles. The van der Waals surface area contributed by atoms with Crippen LogP contribution in [0.3, 0.4) is 0 Å². The molecule has 0 spiro atoms. The number of rotatable bonds is 10. The number of benzene rings is 2. The van der Waals surface area contributed by atoms with Crippen LogP contribution in [0.1, 0.15) is 71.1 Å². The molecule has 374 valence electrons. The first-order chi connectivity index (χ1) is 36.1. The van der Waals surface area contributed by atoms with Gasteiger partial charge in [0.25, 0.3) is 11.8 Å². The minimum absolute atomic E-state index is 0.0471. The van der Waals surface area contributed by atoms with Crippen LogP contribution in [0.4, 0.5) is 11.6 Å². The van der Waals surface area contributed by atoms with Crippen LogP contribution in [0.5, 0.6) is 0 Å². The van der Waals surface area contributed by atoms with Gasteiger partial charge in [0.05, 0.1) is 87.0 Å². The van der Waals surface area contributed by atoms with Crippen molar-refractivity contribution in [3.8, 4) is 22.3 Å². The van der Waals surface area contributed by atoms with Gasteiger partial charge in [-0.2, -0.15) is 10.2 Å². The van der Waals surface area contributed by atoms with Gasteiger partial charge < -0.3 is 39.9 Å². The van der Waals surface area contributed by atoms with E-state index >= 15 is 0 Å². The summed E-state index contributed by atoms with van der Waals surface area (Å²) in [7, 11) is 3.77. The van der Waals surface area contributed by atoms with Crippen molar-refractivity contribution in [1.29, 1.82) is 0 Å². The molecular formula is C52H52N18O4. The van der Waals surface area contributed by atoms with E-state index in [1.165, 1.54) is 12.7 Å². The van der Waals surface area contributed by atoms with Gasteiger partial charge >= 0.3 is 0 Å². The van der Waals surface area contributed by atoms with Crippen LogP contribution in [-0.2, 0) is 23.6 Å². The van der Waals surface area contributed by atoms with E-state index in [0.29, 0.717) is 79.4 Å². The van der Waals surface area contributed by atoms with Crippen LogP contribution in [-0.4, -0.2) is 143 Å². The number of pyridine rings is 2. The Hall–Kier alpha value is -8.76. The Morgan fingerprint density at radius 2 is 1.15 bits per heavy atom. The standard InChI is InChI=1S/C27H27N9O2.C25H25N9O2/c1-15(33-26-24-25(29-13-28-24)30-14-31-26)21-8-16-4-3-5-20(17-9-32-35(2)10-17)22(16)23(34-21)27(37)36-18-6-7-19(36)12-38-11-18;1-15(31-24-22-23(27-13-26-22)28-14-29-24)19-10-16-4-3-5-18(17-11-30-33(2)12-17)20(16)21(32-19)25(35)34-6-8-36-9-7-34/h3-5,8-10,13-15,18-19H,6-7,11-12H2,1-2H3,(H2,28,29,30,31,33);3-5,10-15H,6-9H2,1-2H3,(H2,26,27,28,29,31)/t15-,18?,19?;15-/m00/s1. The summed E-state index contributed by atoms with van der Waals surface area (Å²) in [4.78, 5) is 73.6. The van der Waals surface area contributed by atoms with Crippen molar-refractivity contribution in [2.24, 2.45) is 14.1 Å². The molecular weight excluding hydrogens is 941 g/mol. The zero-order chi connectivity index (χ0) is 50.5. The highest BCUT2D eigenvalue weighted by molar-refractivity contribution is 6.12. The molecule has 22 heteroatoms. The van der Waals surface area contributed by atoms with E-state index in [4.69, 9.17) is 19.4 Å². The molecule has 3 saturated heterocycles. The second kappa shape index (κ2) is 19.3. The minimum atomic E-state index is -0.242. The Labute approximate surface area is 423 Å². The van der Waals surface area contributed by atoms with E-state index in [1.54, 1.807) is 28.2 Å². The molecule has 13 rings (SSSR count). The summed E-state index contributed by atoms with van der Waals surface area (Å²) >= 11 is 0. The smallest absolute Gasteiger partial charge is 0.273 e. The van der Waals surface area contributed by atoms with Crippen LogP contribution in [0.15, 0.2) is 98.6 Å². The molecule has 74 heavy (non-hydrogen) atoms. The molecule has 10 aromatic rings. The van der Waals surface area contributed by atoms with E-state index in [2.05, 4.69) is 60.7 Å². The average molecular weight is 993 g/mol. The monoisotopic (exact) mass is 992 g/mol. The number of anilines is 2. The molecule has 3 fully saturated rings. The second-order valence-electron chi connectivity index (χ2n) is 18.8. The fraction of sp³-hybridized carbons (Fsp3) is 0.308. The molecule has 11 heterocycles. The molecule has 2 amide bonds. The number of morpholine rings is 2. The molecule has 3 aliphatic rings. The van der Waals surface area contributed by atoms with Gasteiger partial charge in [-0.3, -0.25) is 19.0 Å². The van der Waals surface area contributed by atoms with Crippen LogP contribution < -0.4 is 10.6 Å². The van der Waals surface area contributed by atoms with Crippen molar-refractivity contribution >= 4 is 67.3 Å². The zero-order valence-corrected chi connectivity index (χ0v) is 41.1. The Balaban J connectivity index is 0.000000150. The number of nitrogens with one attached hydrogen (secondary N) is 4. The largest absolute Gasteiger partial charge is 0.378 e. The lowest BCUT2D eigenvalue weighted by Crippen LogP contribution is -2.49. The first kappa shape index (κ1) is 46.3. The molecule has 2 bridgehead atoms. The number of aryl methyl sites for hydroxylation is 2. The number of hydrogen-bond donors (Lipinski definition) is 4. The highest BCUT2D eigenvalue weighted by Gasteiger charge is 2.42. The third-order valence-corrected chi connectivity index (χ3v) is 14.0. The number of carbonyl (C=O) groups is 2. The van der Waals surface area contributed by atoms with Gasteiger partial charge in [0.15, 0.2) is 22.9 Å². The number of imidazole rings is 2. The van der Waals surface area contributed by atoms with Crippen LogP contribution in [0.2, 0.25) is 0 Å².